The Kier molecular flexibility index (Phi) is 3.57. The minimum absolute atomic E-state index is 0.191. The van der Waals surface area contributed by atoms with E-state index in [-0.39, 0.29) is 11.9 Å². The Morgan fingerprint density at radius 3 is 2.89 bits per heavy atom. The predicted octanol–water partition coefficient (Wildman–Crippen LogP) is 1.43. The highest BCUT2D eigenvalue weighted by Crippen LogP contribution is 2.14. The highest BCUT2D eigenvalue weighted by molar-refractivity contribution is 6.04. The van der Waals surface area contributed by atoms with Crippen LogP contribution in [0.4, 0.5) is 5.69 Å². The summed E-state index contributed by atoms with van der Waals surface area (Å²) >= 11 is 0. The van der Waals surface area contributed by atoms with Crippen molar-refractivity contribution in [3.8, 4) is 12.3 Å². The minimum atomic E-state index is -0.249. The van der Waals surface area contributed by atoms with Crippen LogP contribution in [-0.4, -0.2) is 25.9 Å². The zero-order valence-electron chi connectivity index (χ0n) is 10.7. The van der Waals surface area contributed by atoms with Gasteiger partial charge in [0.25, 0.3) is 5.91 Å². The van der Waals surface area contributed by atoms with Gasteiger partial charge in [0.15, 0.2) is 0 Å². The molecule has 0 bridgehead atoms. The lowest BCUT2D eigenvalue weighted by atomic mass is 10.2. The van der Waals surface area contributed by atoms with E-state index >= 15 is 0 Å². The number of nitrogens with one attached hydrogen (secondary N) is 1. The van der Waals surface area contributed by atoms with E-state index < -0.39 is 0 Å². The molecule has 19 heavy (non-hydrogen) atoms. The first-order valence-electron chi connectivity index (χ1n) is 5.71. The first-order chi connectivity index (χ1) is 9.13. The molecule has 0 aliphatic rings. The molecule has 2 rings (SSSR count). The summed E-state index contributed by atoms with van der Waals surface area (Å²) in [7, 11) is 0. The summed E-state index contributed by atoms with van der Waals surface area (Å²) in [5.41, 5.74) is 1.79. The molecule has 1 N–H and O–H groups in total. The molecule has 0 saturated carbocycles. The van der Waals surface area contributed by atoms with Gasteiger partial charge in [-0.25, -0.2) is 0 Å². The molecule has 1 amide bonds. The Labute approximate surface area is 110 Å². The maximum absolute atomic E-state index is 12.1. The summed E-state index contributed by atoms with van der Waals surface area (Å²) in [5.74, 6) is 2.33. The summed E-state index contributed by atoms with van der Waals surface area (Å²) in [6.07, 6.45) is 9.84. The molecular formula is C13H13N5O. The van der Waals surface area contributed by atoms with Gasteiger partial charge in [-0.1, -0.05) is 5.92 Å². The van der Waals surface area contributed by atoms with E-state index in [4.69, 9.17) is 6.42 Å². The van der Waals surface area contributed by atoms with Crippen LogP contribution in [0.1, 0.15) is 29.0 Å². The Morgan fingerprint density at radius 1 is 1.47 bits per heavy atom. The third kappa shape index (κ3) is 2.60. The van der Waals surface area contributed by atoms with Crippen molar-refractivity contribution in [3.05, 3.63) is 35.9 Å². The Hall–Kier alpha value is -2.68. The number of carbonyl (C=O) groups is 1. The van der Waals surface area contributed by atoms with Gasteiger partial charge in [0.05, 0.1) is 29.8 Å². The molecule has 6 heteroatoms. The maximum Gasteiger partial charge on any atom is 0.259 e. The third-order valence-electron chi connectivity index (χ3n) is 2.74. The molecule has 96 valence electrons. The molecule has 0 aliphatic heterocycles. The van der Waals surface area contributed by atoms with Crippen molar-refractivity contribution in [3.63, 3.8) is 0 Å². The van der Waals surface area contributed by atoms with Crippen LogP contribution in [0.3, 0.4) is 0 Å². The number of nitrogens with zero attached hydrogens (tertiary/aromatic N) is 4. The first kappa shape index (κ1) is 12.8. The molecule has 0 aliphatic carbocycles. The number of amides is 1. The van der Waals surface area contributed by atoms with Crippen LogP contribution in [0.2, 0.25) is 0 Å². The van der Waals surface area contributed by atoms with Gasteiger partial charge in [-0.15, -0.1) is 6.42 Å². The average molecular weight is 255 g/mol. The topological polar surface area (TPSA) is 72.7 Å². The number of hydrogen-bond acceptors (Lipinski definition) is 4. The van der Waals surface area contributed by atoms with E-state index in [0.717, 1.165) is 5.69 Å². The van der Waals surface area contributed by atoms with Crippen molar-refractivity contribution in [2.24, 2.45) is 0 Å². The van der Waals surface area contributed by atoms with Crippen LogP contribution in [0, 0.1) is 19.3 Å². The number of rotatable bonds is 3. The first-order valence-corrected chi connectivity index (χ1v) is 5.71. The van der Waals surface area contributed by atoms with Gasteiger partial charge in [0, 0.05) is 5.69 Å². The highest BCUT2D eigenvalue weighted by Gasteiger charge is 2.16. The fourth-order valence-electron chi connectivity index (χ4n) is 1.67. The largest absolute Gasteiger partial charge is 0.320 e. The van der Waals surface area contributed by atoms with Gasteiger partial charge in [0.2, 0.25) is 0 Å². The molecule has 0 fully saturated rings. The third-order valence-corrected chi connectivity index (χ3v) is 2.74. The second-order valence-corrected chi connectivity index (χ2v) is 4.02. The summed E-state index contributed by atoms with van der Waals surface area (Å²) < 4.78 is 1.64. The summed E-state index contributed by atoms with van der Waals surface area (Å²) in [5, 5.41) is 14.2. The lowest BCUT2D eigenvalue weighted by Gasteiger charge is -2.08. The zero-order chi connectivity index (χ0) is 13.8. The fourth-order valence-corrected chi connectivity index (χ4v) is 1.67. The van der Waals surface area contributed by atoms with E-state index in [1.807, 2.05) is 6.92 Å². The maximum atomic E-state index is 12.1. The van der Waals surface area contributed by atoms with Crippen LogP contribution in [0.5, 0.6) is 0 Å². The Bertz CT molecular complexity index is 626. The van der Waals surface area contributed by atoms with Gasteiger partial charge in [-0.2, -0.15) is 15.3 Å². The highest BCUT2D eigenvalue weighted by atomic mass is 16.1. The van der Waals surface area contributed by atoms with Gasteiger partial charge >= 0.3 is 0 Å². The van der Waals surface area contributed by atoms with Crippen LogP contribution >= 0.6 is 0 Å². The number of anilines is 1. The Morgan fingerprint density at radius 2 is 2.26 bits per heavy atom. The number of aromatic nitrogens is 4. The van der Waals surface area contributed by atoms with Crippen molar-refractivity contribution in [1.29, 1.82) is 0 Å². The van der Waals surface area contributed by atoms with E-state index in [1.165, 1.54) is 18.6 Å². The molecule has 1 atom stereocenters. The fraction of sp³-hybridized carbons (Fsp3) is 0.231. The molecule has 6 nitrogen and oxygen atoms in total. The molecule has 1 unspecified atom stereocenters. The van der Waals surface area contributed by atoms with Crippen molar-refractivity contribution in [2.75, 3.05) is 5.32 Å². The standard InChI is InChI=1S/C13H13N5O/c1-4-9(2)18-10(3)12(8-16-18)13(19)17-11-5-6-14-15-7-11/h1,5-9H,2-3H3,(H,14,17,19). The molecule has 2 heterocycles. The van der Waals surface area contributed by atoms with E-state index in [9.17, 15) is 4.79 Å². The van der Waals surface area contributed by atoms with E-state index in [1.54, 1.807) is 17.7 Å². The molecule has 0 spiro atoms. The minimum Gasteiger partial charge on any atom is -0.320 e. The SMILES string of the molecule is C#CC(C)n1ncc(C(=O)Nc2ccnnc2)c1C. The van der Waals surface area contributed by atoms with Crippen LogP contribution < -0.4 is 5.32 Å². The van der Waals surface area contributed by atoms with Gasteiger partial charge in [-0.05, 0) is 19.9 Å². The molecule has 0 saturated heterocycles. The van der Waals surface area contributed by atoms with Crippen molar-refractivity contribution in [2.45, 2.75) is 19.9 Å². The quantitative estimate of drug-likeness (QED) is 0.842. The lowest BCUT2D eigenvalue weighted by Crippen LogP contribution is -2.14. The second kappa shape index (κ2) is 5.31. The van der Waals surface area contributed by atoms with Gasteiger partial charge in [0.1, 0.15) is 6.04 Å². The molecule has 2 aromatic heterocycles. The normalized spacial score (nSPS) is 11.6. The predicted molar refractivity (Wildman–Crippen MR) is 70.5 cm³/mol. The van der Waals surface area contributed by atoms with Gasteiger partial charge < -0.3 is 5.32 Å². The van der Waals surface area contributed by atoms with Crippen molar-refractivity contribution < 1.29 is 4.79 Å². The molecule has 0 radical (unpaired) electrons. The monoisotopic (exact) mass is 255 g/mol. The zero-order valence-corrected chi connectivity index (χ0v) is 10.7. The van der Waals surface area contributed by atoms with Crippen LogP contribution in [0.25, 0.3) is 0 Å². The van der Waals surface area contributed by atoms with Crippen molar-refractivity contribution >= 4 is 11.6 Å². The lowest BCUT2D eigenvalue weighted by molar-refractivity contribution is 0.102. The van der Waals surface area contributed by atoms with Crippen LogP contribution in [-0.2, 0) is 0 Å². The van der Waals surface area contributed by atoms with E-state index in [0.29, 0.717) is 11.3 Å². The number of carbonyl (C=O) groups excluding carboxylic acids is 1. The second-order valence-electron chi connectivity index (χ2n) is 4.02. The summed E-state index contributed by atoms with van der Waals surface area (Å²) in [4.78, 5) is 12.1. The summed E-state index contributed by atoms with van der Waals surface area (Å²) in [6.45, 7) is 3.65. The van der Waals surface area contributed by atoms with Gasteiger partial charge in [-0.3, -0.25) is 9.48 Å². The number of hydrogen-bond donors (Lipinski definition) is 1. The Balaban J connectivity index is 2.21. The molecule has 0 aromatic carbocycles. The number of terminal acetylenes is 1. The van der Waals surface area contributed by atoms with E-state index in [2.05, 4.69) is 26.5 Å². The van der Waals surface area contributed by atoms with Crippen molar-refractivity contribution in [1.82, 2.24) is 20.0 Å². The molecular weight excluding hydrogens is 242 g/mol. The average Bonchev–Trinajstić information content (AvgIpc) is 2.81. The smallest absolute Gasteiger partial charge is 0.259 e. The van der Waals surface area contributed by atoms with Crippen LogP contribution in [0.15, 0.2) is 24.7 Å². The molecule has 2 aromatic rings. The summed E-state index contributed by atoms with van der Waals surface area (Å²) in [6, 6.07) is 1.47.